The topological polar surface area (TPSA) is 70.7 Å². The fraction of sp³-hybridized carbons (Fsp3) is 0.440. The molecule has 1 aliphatic carbocycles. The first-order valence-corrected chi connectivity index (χ1v) is 11.2. The predicted molar refractivity (Wildman–Crippen MR) is 121 cm³/mol. The first kappa shape index (κ1) is 21.4. The van der Waals surface area contributed by atoms with Gasteiger partial charge in [0.2, 0.25) is 5.91 Å². The van der Waals surface area contributed by atoms with Crippen LogP contribution in [0.25, 0.3) is 0 Å². The van der Waals surface area contributed by atoms with Gasteiger partial charge in [0.05, 0.1) is 13.2 Å². The number of nitrogens with one attached hydrogen (secondary N) is 2. The molecule has 164 valence electrons. The number of nitrogens with zero attached hydrogens (tertiary/aromatic N) is 1. The van der Waals surface area contributed by atoms with E-state index in [1.165, 1.54) is 19.3 Å². The number of amides is 2. The maximum atomic E-state index is 12.8. The lowest BCUT2D eigenvalue weighted by atomic mass is 10.0. The summed E-state index contributed by atoms with van der Waals surface area (Å²) in [7, 11) is 1.69. The summed E-state index contributed by atoms with van der Waals surface area (Å²) < 4.78 is 5.60. The average molecular weight is 422 g/mol. The van der Waals surface area contributed by atoms with Crippen molar-refractivity contribution in [3.8, 4) is 5.75 Å². The second-order valence-corrected chi connectivity index (χ2v) is 8.41. The quantitative estimate of drug-likeness (QED) is 0.676. The van der Waals surface area contributed by atoms with Crippen LogP contribution in [0.5, 0.6) is 5.75 Å². The number of methoxy groups -OCH3 is 1. The molecule has 0 spiro atoms. The van der Waals surface area contributed by atoms with E-state index in [2.05, 4.69) is 21.6 Å². The summed E-state index contributed by atoms with van der Waals surface area (Å²) in [5.74, 6) is 0.961. The third-order valence-electron chi connectivity index (χ3n) is 6.15. The number of ether oxygens (including phenoxy) is 1. The predicted octanol–water partition coefficient (Wildman–Crippen LogP) is 4.00. The zero-order valence-corrected chi connectivity index (χ0v) is 18.1. The van der Waals surface area contributed by atoms with Gasteiger partial charge < -0.3 is 15.4 Å². The molecule has 1 saturated carbocycles. The second-order valence-electron chi connectivity index (χ2n) is 8.41. The molecule has 0 bridgehead atoms. The fourth-order valence-electron chi connectivity index (χ4n) is 4.19. The van der Waals surface area contributed by atoms with E-state index in [1.54, 1.807) is 31.4 Å². The summed E-state index contributed by atoms with van der Waals surface area (Å²) >= 11 is 0. The van der Waals surface area contributed by atoms with Crippen molar-refractivity contribution in [1.82, 2.24) is 10.2 Å². The molecule has 2 aromatic carbocycles. The number of para-hydroxylation sites is 1. The van der Waals surface area contributed by atoms with Crippen LogP contribution in [0.3, 0.4) is 0 Å². The zero-order chi connectivity index (χ0) is 21.6. The summed E-state index contributed by atoms with van der Waals surface area (Å²) in [5, 5.41) is 6.02. The van der Waals surface area contributed by atoms with Gasteiger partial charge in [0.1, 0.15) is 5.75 Å². The second kappa shape index (κ2) is 9.96. The molecule has 31 heavy (non-hydrogen) atoms. The summed E-state index contributed by atoms with van der Waals surface area (Å²) in [6.07, 6.45) is 5.54. The molecule has 0 aromatic heterocycles. The lowest BCUT2D eigenvalue weighted by Gasteiger charge is -2.35. The highest BCUT2D eigenvalue weighted by atomic mass is 16.5. The lowest BCUT2D eigenvalue weighted by molar-refractivity contribution is -0.117. The van der Waals surface area contributed by atoms with Crippen molar-refractivity contribution < 1.29 is 14.3 Å². The zero-order valence-electron chi connectivity index (χ0n) is 18.1. The van der Waals surface area contributed by atoms with Crippen LogP contribution in [0, 0.1) is 5.92 Å². The Balaban J connectivity index is 1.42. The number of rotatable bonds is 8. The van der Waals surface area contributed by atoms with Crippen molar-refractivity contribution in [2.75, 3.05) is 32.1 Å². The van der Waals surface area contributed by atoms with Crippen molar-refractivity contribution in [3.05, 3.63) is 59.7 Å². The van der Waals surface area contributed by atoms with Crippen LogP contribution in [-0.2, 0) is 4.79 Å². The highest BCUT2D eigenvalue weighted by Crippen LogP contribution is 2.31. The van der Waals surface area contributed by atoms with Crippen LogP contribution in [0.2, 0.25) is 0 Å². The number of carbonyl (C=O) groups is 2. The van der Waals surface area contributed by atoms with Gasteiger partial charge in [0, 0.05) is 29.3 Å². The number of carbonyl (C=O) groups excluding carboxylic acids is 2. The van der Waals surface area contributed by atoms with Crippen LogP contribution in [-0.4, -0.2) is 43.5 Å². The molecule has 2 fully saturated rings. The molecule has 1 saturated heterocycles. The number of piperidine rings is 1. The number of anilines is 1. The van der Waals surface area contributed by atoms with Gasteiger partial charge in [0.25, 0.3) is 5.91 Å². The highest BCUT2D eigenvalue weighted by molar-refractivity contribution is 5.96. The van der Waals surface area contributed by atoms with Crippen LogP contribution < -0.4 is 15.4 Å². The number of hydrogen-bond acceptors (Lipinski definition) is 4. The van der Waals surface area contributed by atoms with Crippen LogP contribution in [0.4, 0.5) is 5.69 Å². The third-order valence-corrected chi connectivity index (χ3v) is 6.15. The molecule has 6 heteroatoms. The van der Waals surface area contributed by atoms with E-state index in [0.29, 0.717) is 12.1 Å². The molecular weight excluding hydrogens is 390 g/mol. The van der Waals surface area contributed by atoms with Gasteiger partial charge in [-0.3, -0.25) is 14.5 Å². The minimum atomic E-state index is -0.114. The molecule has 2 aliphatic rings. The van der Waals surface area contributed by atoms with Crippen molar-refractivity contribution in [1.29, 1.82) is 0 Å². The summed E-state index contributed by atoms with van der Waals surface area (Å²) in [4.78, 5) is 27.2. The first-order valence-electron chi connectivity index (χ1n) is 11.2. The molecule has 1 unspecified atom stereocenters. The van der Waals surface area contributed by atoms with Gasteiger partial charge in [-0.2, -0.15) is 0 Å². The van der Waals surface area contributed by atoms with E-state index >= 15 is 0 Å². The highest BCUT2D eigenvalue weighted by Gasteiger charge is 2.29. The Morgan fingerprint density at radius 2 is 1.74 bits per heavy atom. The minimum Gasteiger partial charge on any atom is -0.496 e. The standard InChI is InChI=1S/C25H31N3O3/c1-31-23-8-4-3-7-21(23)22(28-15-5-2-6-16-28)17-26-24(29)18-11-13-20(14-12-18)27-25(30)19-9-10-19/h3-4,7-8,11-14,19,22H,2,5-6,9-10,15-17H2,1H3,(H,26,29)(H,27,30). The van der Waals surface area contributed by atoms with Crippen LogP contribution in [0.15, 0.2) is 48.5 Å². The Kier molecular flexibility index (Phi) is 6.87. The van der Waals surface area contributed by atoms with E-state index < -0.39 is 0 Å². The monoisotopic (exact) mass is 421 g/mol. The molecule has 1 heterocycles. The maximum Gasteiger partial charge on any atom is 0.251 e. The SMILES string of the molecule is COc1ccccc1C(CNC(=O)c1ccc(NC(=O)C2CC2)cc1)N1CCCCC1. The number of likely N-dealkylation sites (tertiary alicyclic amines) is 1. The normalized spacial score (nSPS) is 17.6. The van der Waals surface area contributed by atoms with Gasteiger partial charge in [-0.25, -0.2) is 0 Å². The Labute approximate surface area is 184 Å². The van der Waals surface area contributed by atoms with Gasteiger partial charge in [-0.1, -0.05) is 24.6 Å². The Morgan fingerprint density at radius 3 is 2.42 bits per heavy atom. The molecule has 2 N–H and O–H groups in total. The van der Waals surface area contributed by atoms with Crippen molar-refractivity contribution in [3.63, 3.8) is 0 Å². The summed E-state index contributed by atoms with van der Waals surface area (Å²) in [5.41, 5.74) is 2.42. The Bertz CT molecular complexity index is 902. The molecule has 6 nitrogen and oxygen atoms in total. The maximum absolute atomic E-state index is 12.8. The fourth-order valence-corrected chi connectivity index (χ4v) is 4.19. The largest absolute Gasteiger partial charge is 0.496 e. The number of benzene rings is 2. The average Bonchev–Trinajstić information content (AvgIpc) is 3.66. The third kappa shape index (κ3) is 5.44. The smallest absolute Gasteiger partial charge is 0.251 e. The van der Waals surface area contributed by atoms with E-state index in [0.717, 1.165) is 42.9 Å². The molecule has 2 aromatic rings. The summed E-state index contributed by atoms with van der Waals surface area (Å²) in [6.45, 7) is 2.56. The minimum absolute atomic E-state index is 0.0671. The molecule has 0 radical (unpaired) electrons. The number of hydrogen-bond donors (Lipinski definition) is 2. The van der Waals surface area contributed by atoms with Crippen LogP contribution >= 0.6 is 0 Å². The molecule has 4 rings (SSSR count). The van der Waals surface area contributed by atoms with E-state index in [1.807, 2.05) is 18.2 Å². The van der Waals surface area contributed by atoms with Gasteiger partial charge >= 0.3 is 0 Å². The van der Waals surface area contributed by atoms with Gasteiger partial charge in [-0.05, 0) is 69.1 Å². The lowest BCUT2D eigenvalue weighted by Crippen LogP contribution is -2.40. The molecule has 1 atom stereocenters. The van der Waals surface area contributed by atoms with Crippen molar-refractivity contribution >= 4 is 17.5 Å². The Hall–Kier alpha value is -2.86. The van der Waals surface area contributed by atoms with Crippen LogP contribution in [0.1, 0.15) is 54.1 Å². The van der Waals surface area contributed by atoms with E-state index in [9.17, 15) is 9.59 Å². The molecule has 2 amide bonds. The van der Waals surface area contributed by atoms with Gasteiger partial charge in [-0.15, -0.1) is 0 Å². The summed E-state index contributed by atoms with van der Waals surface area (Å²) in [6, 6.07) is 15.2. The van der Waals surface area contributed by atoms with E-state index in [4.69, 9.17) is 4.74 Å². The first-order chi connectivity index (χ1) is 15.2. The van der Waals surface area contributed by atoms with Gasteiger partial charge in [0.15, 0.2) is 0 Å². The Morgan fingerprint density at radius 1 is 1.03 bits per heavy atom. The molecular formula is C25H31N3O3. The van der Waals surface area contributed by atoms with E-state index in [-0.39, 0.29) is 23.8 Å². The van der Waals surface area contributed by atoms with Crippen molar-refractivity contribution in [2.45, 2.75) is 38.1 Å². The van der Waals surface area contributed by atoms with Crippen molar-refractivity contribution in [2.24, 2.45) is 5.92 Å². The molecule has 1 aliphatic heterocycles.